The number of hydrogen-bond donors (Lipinski definition) is 1. The highest BCUT2D eigenvalue weighted by Crippen LogP contribution is 2.26. The third-order valence-corrected chi connectivity index (χ3v) is 6.39. The highest BCUT2D eigenvalue weighted by Gasteiger charge is 2.26. The Balaban J connectivity index is 1.68. The lowest BCUT2D eigenvalue weighted by atomic mass is 10.0. The van der Waals surface area contributed by atoms with Gasteiger partial charge in [0.1, 0.15) is 0 Å². The molecule has 3 nitrogen and oxygen atoms in total. The first-order valence-corrected chi connectivity index (χ1v) is 9.44. The van der Waals surface area contributed by atoms with Crippen LogP contribution in [0.1, 0.15) is 48.9 Å². The zero-order valence-corrected chi connectivity index (χ0v) is 12.9. The van der Waals surface area contributed by atoms with E-state index in [0.717, 1.165) is 12.8 Å². The van der Waals surface area contributed by atoms with Gasteiger partial charge in [-0.15, -0.1) is 0 Å². The Kier molecular flexibility index (Phi) is 3.87. The van der Waals surface area contributed by atoms with Gasteiger partial charge >= 0.3 is 0 Å². The van der Waals surface area contributed by atoms with Crippen molar-refractivity contribution < 1.29 is 8.42 Å². The van der Waals surface area contributed by atoms with E-state index in [1.807, 2.05) is 0 Å². The molecule has 1 fully saturated rings. The topological polar surface area (TPSA) is 46.2 Å². The van der Waals surface area contributed by atoms with Crippen LogP contribution < -0.4 is 5.32 Å². The zero-order valence-electron chi connectivity index (χ0n) is 12.1. The lowest BCUT2D eigenvalue weighted by molar-refractivity contribution is 0.437. The van der Waals surface area contributed by atoms with Crippen LogP contribution in [0.4, 0.5) is 0 Å². The molecule has 2 aliphatic rings. The Morgan fingerprint density at radius 2 is 2.00 bits per heavy atom. The van der Waals surface area contributed by atoms with Crippen LogP contribution in [0.5, 0.6) is 0 Å². The molecule has 4 heteroatoms. The number of nitrogens with one attached hydrogen (secondary N) is 1. The second-order valence-corrected chi connectivity index (χ2v) is 8.45. The number of sulfone groups is 1. The van der Waals surface area contributed by atoms with Gasteiger partial charge in [0.25, 0.3) is 0 Å². The van der Waals surface area contributed by atoms with Gasteiger partial charge in [-0.2, -0.15) is 0 Å². The van der Waals surface area contributed by atoms with Gasteiger partial charge in [0.15, 0.2) is 9.84 Å². The van der Waals surface area contributed by atoms with Crippen LogP contribution in [0.3, 0.4) is 0 Å². The number of aryl methyl sites for hydroxylation is 2. The fourth-order valence-electron chi connectivity index (χ4n) is 3.47. The maximum Gasteiger partial charge on any atom is 0.151 e. The van der Waals surface area contributed by atoms with E-state index in [1.54, 1.807) is 0 Å². The summed E-state index contributed by atoms with van der Waals surface area (Å²) in [6.07, 6.45) is 5.42. The van der Waals surface area contributed by atoms with Crippen LogP contribution in [0.2, 0.25) is 0 Å². The van der Waals surface area contributed by atoms with Crippen molar-refractivity contribution in [2.24, 2.45) is 0 Å². The van der Waals surface area contributed by atoms with Gasteiger partial charge in [0, 0.05) is 12.1 Å². The predicted octanol–water partition coefficient (Wildman–Crippen LogP) is 2.40. The summed E-state index contributed by atoms with van der Waals surface area (Å²) < 4.78 is 23.4. The predicted molar refractivity (Wildman–Crippen MR) is 81.7 cm³/mol. The lowest BCUT2D eigenvalue weighted by Crippen LogP contribution is -2.41. The third-order valence-electron chi connectivity index (χ3n) is 4.57. The number of rotatable bonds is 3. The first-order chi connectivity index (χ1) is 9.53. The number of benzene rings is 1. The summed E-state index contributed by atoms with van der Waals surface area (Å²) in [6.45, 7) is 2.14. The highest BCUT2D eigenvalue weighted by atomic mass is 32.2. The molecular weight excluding hydrogens is 270 g/mol. The second-order valence-electron chi connectivity index (χ2n) is 6.22. The molecule has 1 aliphatic heterocycles. The standard InChI is InChI=1S/C16H23NO2S/c1-12(17-16-6-3-9-20(18,19)11-16)14-8-7-13-4-2-5-15(13)10-14/h7-8,10,12,16-17H,2-6,9,11H2,1H3. The van der Waals surface area contributed by atoms with Crippen molar-refractivity contribution >= 4 is 9.84 Å². The molecule has 1 heterocycles. The molecule has 0 amide bonds. The summed E-state index contributed by atoms with van der Waals surface area (Å²) in [4.78, 5) is 0. The van der Waals surface area contributed by atoms with Crippen molar-refractivity contribution in [3.8, 4) is 0 Å². The van der Waals surface area contributed by atoms with E-state index < -0.39 is 9.84 Å². The fourth-order valence-corrected chi connectivity index (χ4v) is 5.11. The van der Waals surface area contributed by atoms with Gasteiger partial charge in [0.05, 0.1) is 11.5 Å². The molecule has 2 atom stereocenters. The summed E-state index contributed by atoms with van der Waals surface area (Å²) in [5, 5.41) is 3.50. The molecule has 1 aromatic carbocycles. The first kappa shape index (κ1) is 14.1. The largest absolute Gasteiger partial charge is 0.306 e. The quantitative estimate of drug-likeness (QED) is 0.931. The normalized spacial score (nSPS) is 26.1. The van der Waals surface area contributed by atoms with Crippen molar-refractivity contribution in [1.82, 2.24) is 5.32 Å². The zero-order chi connectivity index (χ0) is 14.2. The van der Waals surface area contributed by atoms with Gasteiger partial charge in [-0.05, 0) is 55.7 Å². The van der Waals surface area contributed by atoms with Crippen molar-refractivity contribution in [2.45, 2.75) is 51.1 Å². The average Bonchev–Trinajstić information content (AvgIpc) is 2.84. The van der Waals surface area contributed by atoms with E-state index in [2.05, 4.69) is 30.4 Å². The third kappa shape index (κ3) is 3.07. The van der Waals surface area contributed by atoms with Gasteiger partial charge in [-0.3, -0.25) is 0 Å². The van der Waals surface area contributed by atoms with Gasteiger partial charge < -0.3 is 5.32 Å². The van der Waals surface area contributed by atoms with Crippen LogP contribution >= 0.6 is 0 Å². The molecule has 0 radical (unpaired) electrons. The van der Waals surface area contributed by atoms with E-state index in [1.165, 1.54) is 36.0 Å². The Labute approximate surface area is 121 Å². The maximum atomic E-state index is 11.7. The average molecular weight is 293 g/mol. The van der Waals surface area contributed by atoms with E-state index in [4.69, 9.17) is 0 Å². The summed E-state index contributed by atoms with van der Waals surface area (Å²) >= 11 is 0. The minimum Gasteiger partial charge on any atom is -0.306 e. The van der Waals surface area contributed by atoms with E-state index >= 15 is 0 Å². The molecule has 20 heavy (non-hydrogen) atoms. The minimum atomic E-state index is -2.83. The monoisotopic (exact) mass is 293 g/mol. The highest BCUT2D eigenvalue weighted by molar-refractivity contribution is 7.91. The van der Waals surface area contributed by atoms with Crippen molar-refractivity contribution in [3.63, 3.8) is 0 Å². The molecular formula is C16H23NO2S. The minimum absolute atomic E-state index is 0.108. The summed E-state index contributed by atoms with van der Waals surface area (Å²) in [6, 6.07) is 7.07. The molecule has 0 bridgehead atoms. The molecule has 1 aliphatic carbocycles. The lowest BCUT2D eigenvalue weighted by Gasteiger charge is -2.27. The molecule has 110 valence electrons. The Morgan fingerprint density at radius 1 is 1.20 bits per heavy atom. The molecule has 2 unspecified atom stereocenters. The van der Waals surface area contributed by atoms with Gasteiger partial charge in [0.2, 0.25) is 0 Å². The number of fused-ring (bicyclic) bond motifs is 1. The van der Waals surface area contributed by atoms with Crippen molar-refractivity contribution in [3.05, 3.63) is 34.9 Å². The SMILES string of the molecule is CC(NC1CCCS(=O)(=O)C1)c1ccc2c(c1)CCC2. The molecule has 1 aromatic rings. The molecule has 0 aromatic heterocycles. The summed E-state index contributed by atoms with van der Waals surface area (Å²) in [5.41, 5.74) is 4.25. The molecule has 3 rings (SSSR count). The molecule has 1 saturated heterocycles. The van der Waals surface area contributed by atoms with Crippen LogP contribution in [0.25, 0.3) is 0 Å². The van der Waals surface area contributed by atoms with E-state index in [9.17, 15) is 8.42 Å². The van der Waals surface area contributed by atoms with Crippen molar-refractivity contribution in [1.29, 1.82) is 0 Å². The second kappa shape index (κ2) is 5.49. The van der Waals surface area contributed by atoms with Gasteiger partial charge in [-0.1, -0.05) is 18.2 Å². The van der Waals surface area contributed by atoms with E-state index in [-0.39, 0.29) is 12.1 Å². The Morgan fingerprint density at radius 3 is 2.80 bits per heavy atom. The van der Waals surface area contributed by atoms with Crippen LogP contribution in [0.15, 0.2) is 18.2 Å². The Hall–Kier alpha value is -0.870. The molecule has 0 saturated carbocycles. The van der Waals surface area contributed by atoms with Gasteiger partial charge in [-0.25, -0.2) is 8.42 Å². The summed E-state index contributed by atoms with van der Waals surface area (Å²) in [5.74, 6) is 0.653. The van der Waals surface area contributed by atoms with Crippen LogP contribution in [-0.2, 0) is 22.7 Å². The first-order valence-electron chi connectivity index (χ1n) is 7.62. The molecule has 1 N–H and O–H groups in total. The maximum absolute atomic E-state index is 11.7. The van der Waals surface area contributed by atoms with Crippen LogP contribution in [-0.4, -0.2) is 26.0 Å². The van der Waals surface area contributed by atoms with Crippen LogP contribution in [0, 0.1) is 0 Å². The summed E-state index contributed by atoms with van der Waals surface area (Å²) in [7, 11) is -2.83. The van der Waals surface area contributed by atoms with E-state index in [0.29, 0.717) is 11.5 Å². The smallest absolute Gasteiger partial charge is 0.151 e. The Bertz CT molecular complexity index is 594. The number of hydrogen-bond acceptors (Lipinski definition) is 3. The molecule has 0 spiro atoms. The fraction of sp³-hybridized carbons (Fsp3) is 0.625. The van der Waals surface area contributed by atoms with Crippen molar-refractivity contribution in [2.75, 3.05) is 11.5 Å².